The second kappa shape index (κ2) is 5.39. The van der Waals surface area contributed by atoms with Gasteiger partial charge in [-0.05, 0) is 30.5 Å². The maximum absolute atomic E-state index is 11.6. The van der Waals surface area contributed by atoms with Crippen molar-refractivity contribution in [2.75, 3.05) is 18.1 Å². The average molecular weight is 222 g/mol. The molecule has 0 unspecified atom stereocenters. The zero-order chi connectivity index (χ0) is 12.1. The van der Waals surface area contributed by atoms with E-state index in [4.69, 9.17) is 16.2 Å². The van der Waals surface area contributed by atoms with Gasteiger partial charge >= 0.3 is 5.97 Å². The summed E-state index contributed by atoms with van der Waals surface area (Å²) in [5.41, 5.74) is 12.5. The number of nitrogen functional groups attached to an aromatic ring is 2. The van der Waals surface area contributed by atoms with Gasteiger partial charge < -0.3 is 16.2 Å². The lowest BCUT2D eigenvalue weighted by molar-refractivity contribution is 0.0489. The Labute approximate surface area is 95.6 Å². The van der Waals surface area contributed by atoms with Crippen molar-refractivity contribution in [2.24, 2.45) is 5.92 Å². The predicted octanol–water partition coefficient (Wildman–Crippen LogP) is 2.05. The summed E-state index contributed by atoms with van der Waals surface area (Å²) in [6.07, 6.45) is 0.848. The predicted molar refractivity (Wildman–Crippen MR) is 65.0 cm³/mol. The van der Waals surface area contributed by atoms with Crippen LogP contribution in [0.15, 0.2) is 18.2 Å². The maximum atomic E-state index is 11.6. The lowest BCUT2D eigenvalue weighted by Crippen LogP contribution is -2.10. The first-order valence-electron chi connectivity index (χ1n) is 5.33. The van der Waals surface area contributed by atoms with Gasteiger partial charge in [0.2, 0.25) is 0 Å². The van der Waals surface area contributed by atoms with E-state index in [0.717, 1.165) is 6.42 Å². The molecule has 0 aromatic heterocycles. The maximum Gasteiger partial charge on any atom is 0.340 e. The second-order valence-electron chi connectivity index (χ2n) is 4.17. The van der Waals surface area contributed by atoms with Crippen molar-refractivity contribution in [1.29, 1.82) is 0 Å². The van der Waals surface area contributed by atoms with Crippen LogP contribution in [-0.2, 0) is 4.74 Å². The van der Waals surface area contributed by atoms with Gasteiger partial charge in [-0.2, -0.15) is 0 Å². The highest BCUT2D eigenvalue weighted by molar-refractivity contribution is 5.95. The summed E-state index contributed by atoms with van der Waals surface area (Å²) in [6.45, 7) is 4.57. The van der Waals surface area contributed by atoms with Crippen molar-refractivity contribution in [2.45, 2.75) is 20.3 Å². The number of anilines is 2. The molecule has 1 aromatic carbocycles. The van der Waals surface area contributed by atoms with E-state index in [9.17, 15) is 4.79 Å². The van der Waals surface area contributed by atoms with Gasteiger partial charge in [0.1, 0.15) is 0 Å². The van der Waals surface area contributed by atoms with E-state index in [1.165, 1.54) is 0 Å². The molecule has 0 amide bonds. The standard InChI is InChI=1S/C12H18N2O2/c1-8(2)5-6-16-12(15)10-4-3-9(13)7-11(10)14/h3-4,7-8H,5-6,13-14H2,1-2H3. The van der Waals surface area contributed by atoms with E-state index in [1.54, 1.807) is 18.2 Å². The molecule has 1 aromatic rings. The molecule has 0 saturated heterocycles. The minimum Gasteiger partial charge on any atom is -0.462 e. The molecule has 0 bridgehead atoms. The van der Waals surface area contributed by atoms with Crippen molar-refractivity contribution in [3.8, 4) is 0 Å². The molecule has 0 spiro atoms. The summed E-state index contributed by atoms with van der Waals surface area (Å²) in [5.74, 6) is 0.120. The van der Waals surface area contributed by atoms with Crippen LogP contribution < -0.4 is 11.5 Å². The number of esters is 1. The third-order valence-electron chi connectivity index (χ3n) is 2.22. The van der Waals surface area contributed by atoms with E-state index in [2.05, 4.69) is 13.8 Å². The summed E-state index contributed by atoms with van der Waals surface area (Å²) in [4.78, 5) is 11.6. The van der Waals surface area contributed by atoms with Crippen molar-refractivity contribution < 1.29 is 9.53 Å². The largest absolute Gasteiger partial charge is 0.462 e. The van der Waals surface area contributed by atoms with E-state index in [0.29, 0.717) is 29.5 Å². The first kappa shape index (κ1) is 12.4. The van der Waals surface area contributed by atoms with Gasteiger partial charge in [-0.3, -0.25) is 0 Å². The molecule has 4 heteroatoms. The minimum atomic E-state index is -0.391. The van der Waals surface area contributed by atoms with E-state index in [-0.39, 0.29) is 0 Å². The van der Waals surface area contributed by atoms with E-state index < -0.39 is 5.97 Å². The van der Waals surface area contributed by atoms with Crippen LogP contribution in [-0.4, -0.2) is 12.6 Å². The van der Waals surface area contributed by atoms with Crippen molar-refractivity contribution >= 4 is 17.3 Å². The molecule has 0 aliphatic carbocycles. The number of hydrogen-bond donors (Lipinski definition) is 2. The molecule has 4 nitrogen and oxygen atoms in total. The molecule has 0 heterocycles. The number of carbonyl (C=O) groups is 1. The zero-order valence-electron chi connectivity index (χ0n) is 9.69. The molecule has 0 fully saturated rings. The highest BCUT2D eigenvalue weighted by Crippen LogP contribution is 2.16. The molecule has 0 radical (unpaired) electrons. The Morgan fingerprint density at radius 1 is 1.38 bits per heavy atom. The highest BCUT2D eigenvalue weighted by Gasteiger charge is 2.11. The molecule has 16 heavy (non-hydrogen) atoms. The minimum absolute atomic E-state index is 0.356. The number of nitrogens with two attached hydrogens (primary N) is 2. The molecule has 0 aliphatic heterocycles. The molecule has 0 saturated carbocycles. The molecule has 88 valence electrons. The Hall–Kier alpha value is -1.71. The zero-order valence-corrected chi connectivity index (χ0v) is 9.69. The van der Waals surface area contributed by atoms with Crippen LogP contribution in [0.4, 0.5) is 11.4 Å². The molecular weight excluding hydrogens is 204 g/mol. The van der Waals surface area contributed by atoms with Crippen molar-refractivity contribution in [3.63, 3.8) is 0 Å². The van der Waals surface area contributed by atoms with Gasteiger partial charge in [-0.25, -0.2) is 4.79 Å². The third-order valence-corrected chi connectivity index (χ3v) is 2.22. The van der Waals surface area contributed by atoms with E-state index >= 15 is 0 Å². The number of hydrogen-bond acceptors (Lipinski definition) is 4. The molecule has 0 aliphatic rings. The first-order chi connectivity index (χ1) is 7.50. The third kappa shape index (κ3) is 3.46. The lowest BCUT2D eigenvalue weighted by atomic mass is 10.1. The summed E-state index contributed by atoms with van der Waals surface area (Å²) in [7, 11) is 0. The lowest BCUT2D eigenvalue weighted by Gasteiger charge is -2.08. The Kier molecular flexibility index (Phi) is 4.17. The highest BCUT2D eigenvalue weighted by atomic mass is 16.5. The normalized spacial score (nSPS) is 10.4. The summed E-state index contributed by atoms with van der Waals surface area (Å²) in [6, 6.07) is 4.77. The van der Waals surface area contributed by atoms with Gasteiger partial charge in [0.25, 0.3) is 0 Å². The van der Waals surface area contributed by atoms with Crippen LogP contribution in [0.5, 0.6) is 0 Å². The number of benzene rings is 1. The van der Waals surface area contributed by atoms with Crippen LogP contribution in [0, 0.1) is 5.92 Å². The Morgan fingerprint density at radius 3 is 2.62 bits per heavy atom. The topological polar surface area (TPSA) is 78.3 Å². The second-order valence-corrected chi connectivity index (χ2v) is 4.17. The summed E-state index contributed by atoms with van der Waals surface area (Å²) >= 11 is 0. The monoisotopic (exact) mass is 222 g/mol. The van der Waals surface area contributed by atoms with Gasteiger partial charge in [-0.15, -0.1) is 0 Å². The SMILES string of the molecule is CC(C)CCOC(=O)c1ccc(N)cc1N. The Morgan fingerprint density at radius 2 is 2.06 bits per heavy atom. The van der Waals surface area contributed by atoms with E-state index in [1.807, 2.05) is 0 Å². The Bertz CT molecular complexity index is 375. The van der Waals surface area contributed by atoms with Gasteiger partial charge in [0, 0.05) is 11.4 Å². The van der Waals surface area contributed by atoms with Crippen LogP contribution in [0.1, 0.15) is 30.6 Å². The summed E-state index contributed by atoms with van der Waals surface area (Å²) < 4.78 is 5.10. The Balaban J connectivity index is 2.59. The molecule has 1 rings (SSSR count). The smallest absolute Gasteiger partial charge is 0.340 e. The summed E-state index contributed by atoms with van der Waals surface area (Å²) in [5, 5.41) is 0. The van der Waals surface area contributed by atoms with Crippen molar-refractivity contribution in [3.05, 3.63) is 23.8 Å². The fraction of sp³-hybridized carbons (Fsp3) is 0.417. The van der Waals surface area contributed by atoms with Crippen LogP contribution in [0.2, 0.25) is 0 Å². The fourth-order valence-corrected chi connectivity index (χ4v) is 1.23. The van der Waals surface area contributed by atoms with Crippen LogP contribution in [0.25, 0.3) is 0 Å². The average Bonchev–Trinajstić information content (AvgIpc) is 2.16. The van der Waals surface area contributed by atoms with Gasteiger partial charge in [0.15, 0.2) is 0 Å². The molecule has 0 atom stereocenters. The quantitative estimate of drug-likeness (QED) is 0.603. The molecule has 4 N–H and O–H groups in total. The van der Waals surface area contributed by atoms with Crippen LogP contribution in [0.3, 0.4) is 0 Å². The van der Waals surface area contributed by atoms with Gasteiger partial charge in [-0.1, -0.05) is 13.8 Å². The number of carbonyl (C=O) groups excluding carboxylic acids is 1. The van der Waals surface area contributed by atoms with Crippen LogP contribution >= 0.6 is 0 Å². The first-order valence-corrected chi connectivity index (χ1v) is 5.33. The molecular formula is C12H18N2O2. The van der Waals surface area contributed by atoms with Crippen molar-refractivity contribution in [1.82, 2.24) is 0 Å². The van der Waals surface area contributed by atoms with Gasteiger partial charge in [0.05, 0.1) is 12.2 Å². The number of rotatable bonds is 4. The fourth-order valence-electron chi connectivity index (χ4n) is 1.23. The number of ether oxygens (including phenoxy) is 1.